The summed E-state index contributed by atoms with van der Waals surface area (Å²) in [5.41, 5.74) is 8.66. The third-order valence-corrected chi connectivity index (χ3v) is 3.97. The molecule has 0 spiro atoms. The predicted octanol–water partition coefficient (Wildman–Crippen LogP) is 2.44. The smallest absolute Gasteiger partial charge is 0.161 e. The lowest BCUT2D eigenvalue weighted by atomic mass is 10.1. The van der Waals surface area contributed by atoms with Gasteiger partial charge in [0, 0.05) is 36.0 Å². The zero-order valence-electron chi connectivity index (χ0n) is 12.3. The van der Waals surface area contributed by atoms with Crippen LogP contribution in [0.25, 0.3) is 11.4 Å². The van der Waals surface area contributed by atoms with Gasteiger partial charge >= 0.3 is 0 Å². The van der Waals surface area contributed by atoms with Crippen LogP contribution in [0.15, 0.2) is 24.3 Å². The predicted molar refractivity (Wildman–Crippen MR) is 81.7 cm³/mol. The number of benzene rings is 1. The Labute approximate surface area is 123 Å². The number of aryl methyl sites for hydroxylation is 1. The van der Waals surface area contributed by atoms with Crippen LogP contribution in [-0.4, -0.2) is 29.1 Å². The Morgan fingerprint density at radius 1 is 1.29 bits per heavy atom. The molecule has 1 unspecified atom stereocenters. The topological polar surface area (TPSA) is 55.0 Å². The first-order valence-electron chi connectivity index (χ1n) is 7.16. The van der Waals surface area contributed by atoms with Crippen molar-refractivity contribution in [3.05, 3.63) is 41.3 Å². The molecule has 1 aromatic heterocycles. The normalized spacial score (nSPS) is 18.3. The number of halogens is 1. The third kappa shape index (κ3) is 2.74. The first-order chi connectivity index (χ1) is 10.0. The highest BCUT2D eigenvalue weighted by Gasteiger charge is 2.23. The van der Waals surface area contributed by atoms with Crippen LogP contribution in [0.2, 0.25) is 0 Å². The van der Waals surface area contributed by atoms with Gasteiger partial charge in [-0.3, -0.25) is 0 Å². The highest BCUT2D eigenvalue weighted by atomic mass is 19.1. The molecule has 1 saturated heterocycles. The first-order valence-corrected chi connectivity index (χ1v) is 7.16. The van der Waals surface area contributed by atoms with Crippen LogP contribution in [0.3, 0.4) is 0 Å². The van der Waals surface area contributed by atoms with E-state index in [4.69, 9.17) is 5.73 Å². The van der Waals surface area contributed by atoms with E-state index in [9.17, 15) is 4.39 Å². The van der Waals surface area contributed by atoms with Gasteiger partial charge in [0.05, 0.1) is 0 Å². The Bertz CT molecular complexity index is 671. The zero-order chi connectivity index (χ0) is 15.0. The van der Waals surface area contributed by atoms with Crippen molar-refractivity contribution in [3.8, 4) is 11.4 Å². The molecule has 2 aromatic rings. The van der Waals surface area contributed by atoms with Crippen molar-refractivity contribution < 1.29 is 4.39 Å². The summed E-state index contributed by atoms with van der Waals surface area (Å²) in [4.78, 5) is 11.3. The second-order valence-electron chi connectivity index (χ2n) is 5.59. The number of nitrogens with two attached hydrogens (primary N) is 1. The fourth-order valence-electron chi connectivity index (χ4n) is 2.66. The van der Waals surface area contributed by atoms with E-state index in [1.165, 1.54) is 12.1 Å². The van der Waals surface area contributed by atoms with Crippen LogP contribution in [0, 0.1) is 19.7 Å². The lowest BCUT2D eigenvalue weighted by Crippen LogP contribution is -2.27. The number of nitrogens with zero attached hydrogens (tertiary/aromatic N) is 3. The molecule has 1 aliphatic rings. The van der Waals surface area contributed by atoms with Gasteiger partial charge in [0.2, 0.25) is 0 Å². The lowest BCUT2D eigenvalue weighted by molar-refractivity contribution is 0.628. The SMILES string of the molecule is Cc1nc(-c2cccc(F)c2)nc(N2CCC(N)C2)c1C. The zero-order valence-corrected chi connectivity index (χ0v) is 12.3. The van der Waals surface area contributed by atoms with E-state index in [0.29, 0.717) is 11.4 Å². The Balaban J connectivity index is 2.05. The van der Waals surface area contributed by atoms with Gasteiger partial charge in [0.15, 0.2) is 5.82 Å². The Kier molecular flexibility index (Phi) is 3.59. The van der Waals surface area contributed by atoms with Crippen molar-refractivity contribution in [2.75, 3.05) is 18.0 Å². The van der Waals surface area contributed by atoms with Crippen LogP contribution >= 0.6 is 0 Å². The van der Waals surface area contributed by atoms with Crippen molar-refractivity contribution in [1.29, 1.82) is 0 Å². The van der Waals surface area contributed by atoms with Gasteiger partial charge in [0.25, 0.3) is 0 Å². The van der Waals surface area contributed by atoms with Gasteiger partial charge in [-0.25, -0.2) is 14.4 Å². The highest BCUT2D eigenvalue weighted by molar-refractivity contribution is 5.60. The van der Waals surface area contributed by atoms with E-state index in [-0.39, 0.29) is 11.9 Å². The lowest BCUT2D eigenvalue weighted by Gasteiger charge is -2.21. The van der Waals surface area contributed by atoms with Crippen molar-refractivity contribution in [3.63, 3.8) is 0 Å². The minimum atomic E-state index is -0.279. The molecular formula is C16H19FN4. The molecule has 4 nitrogen and oxygen atoms in total. The van der Waals surface area contributed by atoms with E-state index in [1.54, 1.807) is 6.07 Å². The minimum Gasteiger partial charge on any atom is -0.355 e. The van der Waals surface area contributed by atoms with E-state index >= 15 is 0 Å². The fourth-order valence-corrected chi connectivity index (χ4v) is 2.66. The van der Waals surface area contributed by atoms with Gasteiger partial charge < -0.3 is 10.6 Å². The molecule has 1 atom stereocenters. The summed E-state index contributed by atoms with van der Waals surface area (Å²) >= 11 is 0. The van der Waals surface area contributed by atoms with E-state index < -0.39 is 0 Å². The molecule has 1 aliphatic heterocycles. The number of hydrogen-bond donors (Lipinski definition) is 1. The molecule has 0 amide bonds. The van der Waals surface area contributed by atoms with Gasteiger partial charge in [-0.15, -0.1) is 0 Å². The van der Waals surface area contributed by atoms with Crippen LogP contribution in [-0.2, 0) is 0 Å². The number of hydrogen-bond acceptors (Lipinski definition) is 4. The Morgan fingerprint density at radius 3 is 2.76 bits per heavy atom. The largest absolute Gasteiger partial charge is 0.355 e. The van der Waals surface area contributed by atoms with Crippen LogP contribution in [0.5, 0.6) is 0 Å². The standard InChI is InChI=1S/C16H19FN4/c1-10-11(2)19-15(12-4-3-5-13(17)8-12)20-16(10)21-7-6-14(18)9-21/h3-5,8,14H,6-7,9,18H2,1-2H3. The summed E-state index contributed by atoms with van der Waals surface area (Å²) in [5, 5.41) is 0. The summed E-state index contributed by atoms with van der Waals surface area (Å²) in [6, 6.07) is 6.58. The summed E-state index contributed by atoms with van der Waals surface area (Å²) in [6.07, 6.45) is 0.970. The monoisotopic (exact) mass is 286 g/mol. The summed E-state index contributed by atoms with van der Waals surface area (Å²) in [5.74, 6) is 1.20. The summed E-state index contributed by atoms with van der Waals surface area (Å²) < 4.78 is 13.4. The van der Waals surface area contributed by atoms with Crippen LogP contribution in [0.4, 0.5) is 10.2 Å². The molecule has 0 bridgehead atoms. The molecule has 2 heterocycles. The maximum Gasteiger partial charge on any atom is 0.161 e. The molecule has 0 aliphatic carbocycles. The molecule has 1 aromatic carbocycles. The molecule has 5 heteroatoms. The maximum atomic E-state index is 13.4. The van der Waals surface area contributed by atoms with Crippen LogP contribution in [0.1, 0.15) is 17.7 Å². The number of aromatic nitrogens is 2. The Morgan fingerprint density at radius 2 is 2.10 bits per heavy atom. The van der Waals surface area contributed by atoms with Crippen molar-refractivity contribution in [1.82, 2.24) is 9.97 Å². The molecule has 21 heavy (non-hydrogen) atoms. The molecule has 0 radical (unpaired) electrons. The number of rotatable bonds is 2. The summed E-state index contributed by atoms with van der Waals surface area (Å²) in [6.45, 7) is 5.68. The molecule has 110 valence electrons. The second-order valence-corrected chi connectivity index (χ2v) is 5.59. The maximum absolute atomic E-state index is 13.4. The molecule has 2 N–H and O–H groups in total. The van der Waals surface area contributed by atoms with Crippen LogP contribution < -0.4 is 10.6 Å². The summed E-state index contributed by atoms with van der Waals surface area (Å²) in [7, 11) is 0. The third-order valence-electron chi connectivity index (χ3n) is 3.97. The molecular weight excluding hydrogens is 267 g/mol. The second kappa shape index (κ2) is 5.41. The number of anilines is 1. The quantitative estimate of drug-likeness (QED) is 0.921. The minimum absolute atomic E-state index is 0.192. The van der Waals surface area contributed by atoms with Crippen molar-refractivity contribution in [2.45, 2.75) is 26.3 Å². The van der Waals surface area contributed by atoms with Crippen molar-refractivity contribution >= 4 is 5.82 Å². The molecule has 3 rings (SSSR count). The average Bonchev–Trinajstić information content (AvgIpc) is 2.88. The van der Waals surface area contributed by atoms with Gasteiger partial charge in [-0.1, -0.05) is 12.1 Å². The van der Waals surface area contributed by atoms with E-state index in [2.05, 4.69) is 14.9 Å². The van der Waals surface area contributed by atoms with E-state index in [0.717, 1.165) is 36.6 Å². The Hall–Kier alpha value is -2.01. The fraction of sp³-hybridized carbons (Fsp3) is 0.375. The van der Waals surface area contributed by atoms with Crippen molar-refractivity contribution in [2.24, 2.45) is 5.73 Å². The molecule has 0 saturated carbocycles. The highest BCUT2D eigenvalue weighted by Crippen LogP contribution is 2.27. The van der Waals surface area contributed by atoms with E-state index in [1.807, 2.05) is 19.9 Å². The van der Waals surface area contributed by atoms with Gasteiger partial charge in [-0.05, 0) is 32.4 Å². The van der Waals surface area contributed by atoms with Gasteiger partial charge in [-0.2, -0.15) is 0 Å². The average molecular weight is 286 g/mol. The molecule has 1 fully saturated rings. The van der Waals surface area contributed by atoms with Gasteiger partial charge in [0.1, 0.15) is 11.6 Å². The first kappa shape index (κ1) is 13.9.